The van der Waals surface area contributed by atoms with Gasteiger partial charge in [0.1, 0.15) is 0 Å². The van der Waals surface area contributed by atoms with Crippen LogP contribution >= 0.6 is 0 Å². The van der Waals surface area contributed by atoms with E-state index >= 15 is 0 Å². The normalized spacial score (nSPS) is 14.3. The average Bonchev–Trinajstić information content (AvgIpc) is 2.71. The van der Waals surface area contributed by atoms with Gasteiger partial charge in [0.25, 0.3) is 5.91 Å². The smallest absolute Gasteiger partial charge is 0.251 e. The van der Waals surface area contributed by atoms with Crippen LogP contribution in [0.4, 0.5) is 5.82 Å². The van der Waals surface area contributed by atoms with Crippen molar-refractivity contribution in [1.29, 1.82) is 0 Å². The lowest BCUT2D eigenvalue weighted by molar-refractivity contribution is -0.115. The fourth-order valence-electron chi connectivity index (χ4n) is 3.71. The Labute approximate surface area is 172 Å². The van der Waals surface area contributed by atoms with Gasteiger partial charge in [-0.25, -0.2) is 4.98 Å². The number of ether oxygens (including phenoxy) is 1. The van der Waals surface area contributed by atoms with Gasteiger partial charge in [0.2, 0.25) is 5.91 Å². The van der Waals surface area contributed by atoms with Crippen molar-refractivity contribution in [1.82, 2.24) is 10.3 Å². The fourth-order valence-corrected chi connectivity index (χ4v) is 3.71. The Bertz CT molecular complexity index is 840. The molecule has 1 fully saturated rings. The molecule has 1 heterocycles. The molecule has 0 saturated heterocycles. The quantitative estimate of drug-likeness (QED) is 0.742. The van der Waals surface area contributed by atoms with E-state index in [4.69, 9.17) is 4.74 Å². The Morgan fingerprint density at radius 3 is 2.55 bits per heavy atom. The lowest BCUT2D eigenvalue weighted by Gasteiger charge is -2.22. The van der Waals surface area contributed by atoms with E-state index in [9.17, 15) is 9.59 Å². The predicted molar refractivity (Wildman–Crippen MR) is 113 cm³/mol. The second-order valence-electron chi connectivity index (χ2n) is 7.77. The first-order chi connectivity index (χ1) is 14.0. The number of hydrogen-bond acceptors (Lipinski definition) is 4. The number of hydrogen-bond donors (Lipinski definition) is 2. The Morgan fingerprint density at radius 2 is 1.83 bits per heavy atom. The summed E-state index contributed by atoms with van der Waals surface area (Å²) in [6.07, 6.45) is 7.80. The number of carbonyl (C=O) groups excluding carboxylic acids is 2. The Kier molecular flexibility index (Phi) is 7.22. The number of rotatable bonds is 7. The molecule has 0 bridgehead atoms. The van der Waals surface area contributed by atoms with Crippen molar-refractivity contribution in [3.05, 3.63) is 53.2 Å². The maximum absolute atomic E-state index is 12.3. The zero-order chi connectivity index (χ0) is 20.6. The molecule has 1 aliphatic carbocycles. The van der Waals surface area contributed by atoms with E-state index in [-0.39, 0.29) is 18.4 Å². The molecule has 1 saturated carbocycles. The van der Waals surface area contributed by atoms with Gasteiger partial charge >= 0.3 is 0 Å². The zero-order valence-electron chi connectivity index (χ0n) is 17.2. The van der Waals surface area contributed by atoms with Crippen LogP contribution in [0.1, 0.15) is 53.6 Å². The van der Waals surface area contributed by atoms with Crippen LogP contribution in [-0.4, -0.2) is 29.9 Å². The highest BCUT2D eigenvalue weighted by Crippen LogP contribution is 2.26. The second kappa shape index (κ2) is 10.0. The highest BCUT2D eigenvalue weighted by Gasteiger charge is 2.16. The first-order valence-corrected chi connectivity index (χ1v) is 10.3. The largest absolute Gasteiger partial charge is 0.489 e. The number of carbonyl (C=O) groups is 2. The number of pyridine rings is 1. The monoisotopic (exact) mass is 395 g/mol. The van der Waals surface area contributed by atoms with Crippen LogP contribution in [0.2, 0.25) is 0 Å². The second-order valence-corrected chi connectivity index (χ2v) is 7.77. The van der Waals surface area contributed by atoms with Gasteiger partial charge < -0.3 is 15.4 Å². The Hall–Kier alpha value is -2.89. The van der Waals surface area contributed by atoms with Crippen molar-refractivity contribution in [2.45, 2.75) is 46.0 Å². The molecule has 29 heavy (non-hydrogen) atoms. The van der Waals surface area contributed by atoms with E-state index in [0.717, 1.165) is 11.1 Å². The molecular weight excluding hydrogens is 366 g/mol. The summed E-state index contributed by atoms with van der Waals surface area (Å²) < 4.78 is 5.93. The number of anilines is 1. The number of aromatic nitrogens is 1. The lowest BCUT2D eigenvalue weighted by atomic mass is 9.90. The van der Waals surface area contributed by atoms with E-state index < -0.39 is 0 Å². The summed E-state index contributed by atoms with van der Waals surface area (Å²) in [5.74, 6) is 0.885. The summed E-state index contributed by atoms with van der Waals surface area (Å²) in [7, 11) is 0. The summed E-state index contributed by atoms with van der Waals surface area (Å²) in [6.45, 7) is 4.38. The first-order valence-electron chi connectivity index (χ1n) is 10.3. The summed E-state index contributed by atoms with van der Waals surface area (Å²) in [5, 5.41) is 5.40. The summed E-state index contributed by atoms with van der Waals surface area (Å²) in [5.41, 5.74) is 2.56. The molecule has 0 unspecified atom stereocenters. The number of nitrogens with zero attached hydrogens (tertiary/aromatic N) is 1. The van der Waals surface area contributed by atoms with Gasteiger partial charge in [-0.3, -0.25) is 9.59 Å². The Morgan fingerprint density at radius 1 is 1.10 bits per heavy atom. The first kappa shape index (κ1) is 20.8. The minimum atomic E-state index is -0.344. The van der Waals surface area contributed by atoms with Crippen molar-refractivity contribution in [2.75, 3.05) is 18.5 Å². The molecule has 6 nitrogen and oxygen atoms in total. The van der Waals surface area contributed by atoms with Crippen LogP contribution in [0.15, 0.2) is 36.5 Å². The molecule has 2 amide bonds. The van der Waals surface area contributed by atoms with Crippen LogP contribution < -0.4 is 15.4 Å². The molecule has 0 aliphatic heterocycles. The Balaban J connectivity index is 1.52. The maximum atomic E-state index is 12.3. The molecule has 0 spiro atoms. The zero-order valence-corrected chi connectivity index (χ0v) is 17.2. The molecular formula is C23H29N3O3. The minimum Gasteiger partial charge on any atom is -0.489 e. The molecule has 154 valence electrons. The van der Waals surface area contributed by atoms with E-state index in [1.165, 1.54) is 32.1 Å². The van der Waals surface area contributed by atoms with Crippen molar-refractivity contribution < 1.29 is 14.3 Å². The fraction of sp³-hybridized carbons (Fsp3) is 0.435. The molecule has 3 rings (SSSR count). The van der Waals surface area contributed by atoms with Gasteiger partial charge in [0.05, 0.1) is 13.2 Å². The van der Waals surface area contributed by atoms with Gasteiger partial charge in [-0.1, -0.05) is 36.5 Å². The highest BCUT2D eigenvalue weighted by atomic mass is 16.5. The molecule has 0 radical (unpaired) electrons. The average molecular weight is 396 g/mol. The SMILES string of the molecule is Cc1cc(C)cc(C(=O)NCC(=O)Nc2ncccc2OCC2CCCCC2)c1. The van der Waals surface area contributed by atoms with Crippen molar-refractivity contribution in [3.8, 4) is 5.75 Å². The summed E-state index contributed by atoms with van der Waals surface area (Å²) in [6, 6.07) is 9.19. The molecule has 6 heteroatoms. The van der Waals surface area contributed by atoms with Crippen molar-refractivity contribution in [2.24, 2.45) is 5.92 Å². The molecule has 0 atom stereocenters. The third-order valence-corrected chi connectivity index (χ3v) is 5.12. The number of benzene rings is 1. The van der Waals surface area contributed by atoms with E-state index in [1.807, 2.05) is 19.9 Å². The van der Waals surface area contributed by atoms with Crippen LogP contribution in [0, 0.1) is 19.8 Å². The van der Waals surface area contributed by atoms with E-state index in [2.05, 4.69) is 15.6 Å². The number of nitrogens with one attached hydrogen (secondary N) is 2. The number of amides is 2. The van der Waals surface area contributed by atoms with Crippen LogP contribution in [0.3, 0.4) is 0 Å². The predicted octanol–water partition coefficient (Wildman–Crippen LogP) is 4.03. The van der Waals surface area contributed by atoms with Crippen LogP contribution in [-0.2, 0) is 4.79 Å². The van der Waals surface area contributed by atoms with Gasteiger partial charge in [0.15, 0.2) is 11.6 Å². The van der Waals surface area contributed by atoms with Crippen molar-refractivity contribution >= 4 is 17.6 Å². The standard InChI is InChI=1S/C23H29N3O3/c1-16-11-17(2)13-19(12-16)23(28)25-14-21(27)26-22-20(9-6-10-24-22)29-15-18-7-4-3-5-8-18/h6,9-13,18H,3-5,7-8,14-15H2,1-2H3,(H,25,28)(H,24,26,27). The highest BCUT2D eigenvalue weighted by molar-refractivity contribution is 5.99. The summed E-state index contributed by atoms with van der Waals surface area (Å²) in [4.78, 5) is 28.9. The third kappa shape index (κ3) is 6.31. The van der Waals surface area contributed by atoms with E-state index in [1.54, 1.807) is 30.5 Å². The van der Waals surface area contributed by atoms with Gasteiger partial charge in [-0.15, -0.1) is 0 Å². The maximum Gasteiger partial charge on any atom is 0.251 e. The van der Waals surface area contributed by atoms with Crippen molar-refractivity contribution in [3.63, 3.8) is 0 Å². The molecule has 1 aromatic heterocycles. The van der Waals surface area contributed by atoms with E-state index in [0.29, 0.717) is 29.7 Å². The topological polar surface area (TPSA) is 80.3 Å². The third-order valence-electron chi connectivity index (χ3n) is 5.12. The molecule has 2 aromatic rings. The van der Waals surface area contributed by atoms with Crippen LogP contribution in [0.5, 0.6) is 5.75 Å². The lowest BCUT2D eigenvalue weighted by Crippen LogP contribution is -2.33. The molecule has 2 N–H and O–H groups in total. The molecule has 1 aromatic carbocycles. The molecule has 1 aliphatic rings. The van der Waals surface area contributed by atoms with Gasteiger partial charge in [0, 0.05) is 11.8 Å². The minimum absolute atomic E-state index is 0.134. The summed E-state index contributed by atoms with van der Waals surface area (Å²) >= 11 is 0. The van der Waals surface area contributed by atoms with Gasteiger partial charge in [-0.05, 0) is 56.9 Å². The number of aryl methyl sites for hydroxylation is 2. The van der Waals surface area contributed by atoms with Crippen LogP contribution in [0.25, 0.3) is 0 Å². The van der Waals surface area contributed by atoms with Gasteiger partial charge in [-0.2, -0.15) is 0 Å².